The van der Waals surface area contributed by atoms with Crippen LogP contribution in [0.25, 0.3) is 0 Å². The van der Waals surface area contributed by atoms with Gasteiger partial charge in [0.25, 0.3) is 0 Å². The normalized spacial score (nSPS) is 14.9. The lowest BCUT2D eigenvalue weighted by Crippen LogP contribution is -2.14. The molecule has 19 heavy (non-hydrogen) atoms. The molecule has 0 aliphatic heterocycles. The topological polar surface area (TPSA) is 50.7 Å². The van der Waals surface area contributed by atoms with Gasteiger partial charge in [-0.1, -0.05) is 40.8 Å². The highest BCUT2D eigenvalue weighted by Crippen LogP contribution is 2.29. The molecule has 2 rings (SSSR count). The molecule has 0 radical (unpaired) electrons. The molecule has 0 saturated heterocycles. The zero-order chi connectivity index (χ0) is 13.7. The number of nitrogens with one attached hydrogen (secondary N) is 1. The first-order valence-corrected chi connectivity index (χ1v) is 6.90. The van der Waals surface area contributed by atoms with E-state index < -0.39 is 6.09 Å². The van der Waals surface area contributed by atoms with Crippen molar-refractivity contribution < 1.29 is 9.63 Å². The average molecular weight is 301 g/mol. The van der Waals surface area contributed by atoms with Gasteiger partial charge in [0.05, 0.1) is 21.4 Å². The Morgan fingerprint density at radius 1 is 1.16 bits per heavy atom. The first kappa shape index (κ1) is 14.2. The fourth-order valence-corrected chi connectivity index (χ4v) is 2.39. The molecule has 1 aliphatic carbocycles. The third kappa shape index (κ3) is 4.11. The van der Waals surface area contributed by atoms with Crippen molar-refractivity contribution in [3.05, 3.63) is 28.2 Å². The van der Waals surface area contributed by atoms with Gasteiger partial charge in [-0.2, -0.15) is 0 Å². The van der Waals surface area contributed by atoms with Crippen molar-refractivity contribution in [2.24, 2.45) is 5.16 Å². The van der Waals surface area contributed by atoms with E-state index >= 15 is 0 Å². The fourth-order valence-electron chi connectivity index (χ4n) is 1.90. The second kappa shape index (κ2) is 6.78. The number of benzene rings is 1. The van der Waals surface area contributed by atoms with Crippen LogP contribution in [0.3, 0.4) is 0 Å². The molecule has 1 N–H and O–H groups in total. The zero-order valence-electron chi connectivity index (χ0n) is 10.3. The summed E-state index contributed by atoms with van der Waals surface area (Å²) in [6, 6.07) is 4.97. The van der Waals surface area contributed by atoms with Gasteiger partial charge in [-0.15, -0.1) is 0 Å². The Bertz CT molecular complexity index is 475. The molecule has 102 valence electrons. The van der Waals surface area contributed by atoms with Crippen molar-refractivity contribution in [1.82, 2.24) is 0 Å². The molecule has 1 amide bonds. The van der Waals surface area contributed by atoms with Crippen molar-refractivity contribution in [2.75, 3.05) is 5.32 Å². The number of hydrogen-bond acceptors (Lipinski definition) is 3. The number of nitrogens with zero attached hydrogens (tertiary/aromatic N) is 1. The largest absolute Gasteiger partial charge is 0.437 e. The Balaban J connectivity index is 1.94. The smallest absolute Gasteiger partial charge is 0.298 e. The van der Waals surface area contributed by atoms with Gasteiger partial charge in [0.2, 0.25) is 0 Å². The van der Waals surface area contributed by atoms with Crippen LogP contribution in [0, 0.1) is 0 Å². The first-order valence-electron chi connectivity index (χ1n) is 6.14. The number of halogens is 2. The average Bonchev–Trinajstić information content (AvgIpc) is 2.42. The lowest BCUT2D eigenvalue weighted by Gasteiger charge is -2.11. The van der Waals surface area contributed by atoms with Gasteiger partial charge >= 0.3 is 6.09 Å². The van der Waals surface area contributed by atoms with E-state index in [9.17, 15) is 4.79 Å². The number of amides is 1. The summed E-state index contributed by atoms with van der Waals surface area (Å²) in [5.74, 6) is 0. The van der Waals surface area contributed by atoms with Gasteiger partial charge in [-0.05, 0) is 37.8 Å². The van der Waals surface area contributed by atoms with Gasteiger partial charge in [-0.25, -0.2) is 4.79 Å². The maximum Gasteiger partial charge on any atom is 0.437 e. The molecule has 0 spiro atoms. The molecule has 1 fully saturated rings. The van der Waals surface area contributed by atoms with Crippen LogP contribution in [0.4, 0.5) is 10.5 Å². The summed E-state index contributed by atoms with van der Waals surface area (Å²) < 4.78 is 0. The quantitative estimate of drug-likeness (QED) is 0.626. The molecule has 0 atom stereocenters. The molecular formula is C13H14Cl2N2O2. The zero-order valence-corrected chi connectivity index (χ0v) is 11.8. The summed E-state index contributed by atoms with van der Waals surface area (Å²) in [6.45, 7) is 0. The van der Waals surface area contributed by atoms with Crippen LogP contribution in [-0.4, -0.2) is 11.8 Å². The lowest BCUT2D eigenvalue weighted by molar-refractivity contribution is 0.165. The summed E-state index contributed by atoms with van der Waals surface area (Å²) >= 11 is 11.9. The van der Waals surface area contributed by atoms with E-state index in [1.54, 1.807) is 18.2 Å². The first-order chi connectivity index (χ1) is 9.16. The number of anilines is 1. The third-order valence-corrected chi connectivity index (χ3v) is 3.51. The Kier molecular flexibility index (Phi) is 5.05. The van der Waals surface area contributed by atoms with Gasteiger partial charge in [0.15, 0.2) is 0 Å². The Morgan fingerprint density at radius 3 is 2.42 bits per heavy atom. The van der Waals surface area contributed by atoms with E-state index in [0.29, 0.717) is 15.7 Å². The van der Waals surface area contributed by atoms with Crippen LogP contribution >= 0.6 is 23.2 Å². The van der Waals surface area contributed by atoms with Crippen LogP contribution in [-0.2, 0) is 4.84 Å². The molecule has 0 aromatic heterocycles. The SMILES string of the molecule is O=C(Nc1c(Cl)cccc1Cl)ON=C1CCCCC1. The van der Waals surface area contributed by atoms with Crippen molar-refractivity contribution in [1.29, 1.82) is 0 Å². The predicted molar refractivity (Wildman–Crippen MR) is 77.1 cm³/mol. The Labute approximate surface area is 121 Å². The molecule has 1 aromatic rings. The second-order valence-corrected chi connectivity index (χ2v) is 5.13. The number of carbonyl (C=O) groups excluding carboxylic acids is 1. The number of oxime groups is 1. The summed E-state index contributed by atoms with van der Waals surface area (Å²) in [4.78, 5) is 16.4. The molecular weight excluding hydrogens is 287 g/mol. The number of carbonyl (C=O) groups is 1. The van der Waals surface area contributed by atoms with Crippen LogP contribution in [0.5, 0.6) is 0 Å². The van der Waals surface area contributed by atoms with E-state index in [0.717, 1.165) is 31.4 Å². The summed E-state index contributed by atoms with van der Waals surface area (Å²) in [5, 5.41) is 7.06. The highest BCUT2D eigenvalue weighted by molar-refractivity contribution is 6.39. The molecule has 6 heteroatoms. The maximum absolute atomic E-state index is 11.6. The van der Waals surface area contributed by atoms with E-state index in [1.165, 1.54) is 6.42 Å². The number of para-hydroxylation sites is 1. The minimum absolute atomic E-state index is 0.333. The van der Waals surface area contributed by atoms with Gasteiger partial charge < -0.3 is 0 Å². The van der Waals surface area contributed by atoms with Crippen molar-refractivity contribution in [3.8, 4) is 0 Å². The number of rotatable bonds is 2. The van der Waals surface area contributed by atoms with Crippen LogP contribution in [0.2, 0.25) is 10.0 Å². The number of hydrogen-bond donors (Lipinski definition) is 1. The summed E-state index contributed by atoms with van der Waals surface area (Å²) in [6.07, 6.45) is 4.49. The summed E-state index contributed by atoms with van der Waals surface area (Å²) in [7, 11) is 0. The molecule has 0 unspecified atom stereocenters. The lowest BCUT2D eigenvalue weighted by atomic mass is 9.99. The van der Waals surface area contributed by atoms with Gasteiger partial charge in [0.1, 0.15) is 0 Å². The molecule has 0 heterocycles. The van der Waals surface area contributed by atoms with Crippen molar-refractivity contribution in [2.45, 2.75) is 32.1 Å². The minimum Gasteiger partial charge on any atom is -0.298 e. The molecule has 4 nitrogen and oxygen atoms in total. The van der Waals surface area contributed by atoms with E-state index in [-0.39, 0.29) is 0 Å². The second-order valence-electron chi connectivity index (χ2n) is 4.32. The maximum atomic E-state index is 11.6. The van der Waals surface area contributed by atoms with E-state index in [1.807, 2.05) is 0 Å². The van der Waals surface area contributed by atoms with Crippen LogP contribution in [0.15, 0.2) is 23.4 Å². The van der Waals surface area contributed by atoms with E-state index in [4.69, 9.17) is 28.0 Å². The molecule has 1 saturated carbocycles. The molecule has 0 bridgehead atoms. The minimum atomic E-state index is -0.687. The standard InChI is InChI=1S/C13H14Cl2N2O2/c14-10-7-4-8-11(15)12(10)16-13(18)19-17-9-5-2-1-3-6-9/h4,7-8H,1-3,5-6H2,(H,16,18). The molecule has 1 aromatic carbocycles. The van der Waals surface area contributed by atoms with Gasteiger partial charge in [-0.3, -0.25) is 10.2 Å². The van der Waals surface area contributed by atoms with Gasteiger partial charge in [0, 0.05) is 0 Å². The van der Waals surface area contributed by atoms with Crippen LogP contribution < -0.4 is 5.32 Å². The predicted octanol–water partition coefficient (Wildman–Crippen LogP) is 4.86. The Morgan fingerprint density at radius 2 is 1.79 bits per heavy atom. The Hall–Kier alpha value is -1.26. The third-order valence-electron chi connectivity index (χ3n) is 2.88. The fraction of sp³-hybridized carbons (Fsp3) is 0.385. The highest BCUT2D eigenvalue weighted by atomic mass is 35.5. The molecule has 1 aliphatic rings. The van der Waals surface area contributed by atoms with E-state index in [2.05, 4.69) is 10.5 Å². The van der Waals surface area contributed by atoms with Crippen molar-refractivity contribution >= 4 is 40.7 Å². The highest BCUT2D eigenvalue weighted by Gasteiger charge is 2.12. The van der Waals surface area contributed by atoms with Crippen LogP contribution in [0.1, 0.15) is 32.1 Å². The summed E-state index contributed by atoms with van der Waals surface area (Å²) in [5.41, 5.74) is 1.26. The van der Waals surface area contributed by atoms with Crippen molar-refractivity contribution in [3.63, 3.8) is 0 Å². The monoisotopic (exact) mass is 300 g/mol.